The molecule has 0 fully saturated rings. The Bertz CT molecular complexity index is 1270. The molecular formula is C25H31N5O5. The summed E-state index contributed by atoms with van der Waals surface area (Å²) in [5, 5.41) is 13.0. The molecule has 2 aromatic heterocycles. The molecular weight excluding hydrogens is 450 g/mol. The summed E-state index contributed by atoms with van der Waals surface area (Å²) in [6, 6.07) is 7.21. The minimum Gasteiger partial charge on any atom is -0.480 e. The van der Waals surface area contributed by atoms with Gasteiger partial charge in [-0.15, -0.1) is 0 Å². The lowest BCUT2D eigenvalue weighted by atomic mass is 9.88. The second-order valence-electron chi connectivity index (χ2n) is 9.80. The number of aromatic amines is 1. The zero-order valence-electron chi connectivity index (χ0n) is 21.0. The summed E-state index contributed by atoms with van der Waals surface area (Å²) in [4.78, 5) is 41.7. The maximum absolute atomic E-state index is 12.8. The van der Waals surface area contributed by atoms with E-state index in [2.05, 4.69) is 25.8 Å². The van der Waals surface area contributed by atoms with Gasteiger partial charge in [-0.25, -0.2) is 4.98 Å². The van der Waals surface area contributed by atoms with Gasteiger partial charge in [-0.1, -0.05) is 6.07 Å². The zero-order chi connectivity index (χ0) is 26.0. The normalized spacial score (nSPS) is 11.7. The van der Waals surface area contributed by atoms with Gasteiger partial charge in [0.1, 0.15) is 11.3 Å². The molecule has 2 heterocycles. The number of nitrogens with zero attached hydrogens (tertiary/aromatic N) is 2. The molecule has 3 N–H and O–H groups in total. The second kappa shape index (κ2) is 9.73. The molecule has 1 aromatic carbocycles. The van der Waals surface area contributed by atoms with Gasteiger partial charge in [-0.2, -0.15) is 5.10 Å². The third kappa shape index (κ3) is 5.95. The van der Waals surface area contributed by atoms with Gasteiger partial charge in [0.2, 0.25) is 11.8 Å². The van der Waals surface area contributed by atoms with Crippen LogP contribution in [0.5, 0.6) is 5.88 Å². The molecule has 0 saturated heterocycles. The molecule has 0 bridgehead atoms. The van der Waals surface area contributed by atoms with Crippen molar-refractivity contribution in [3.63, 3.8) is 0 Å². The highest BCUT2D eigenvalue weighted by Crippen LogP contribution is 2.32. The van der Waals surface area contributed by atoms with Crippen molar-refractivity contribution in [2.45, 2.75) is 46.6 Å². The summed E-state index contributed by atoms with van der Waals surface area (Å²) in [5.41, 5.74) is 1.19. The number of carbonyl (C=O) groups excluding carboxylic acids is 3. The number of aromatic nitrogens is 3. The SMILES string of the molecule is CNC(=O)c1n[nH]c2cc(-c3cnc(OC)c(NC(=O)CC(C)(C)C(=O)OC(C)(C)C)c3)ccc12. The number of fused-ring (bicyclic) bond motifs is 1. The molecule has 10 heteroatoms. The van der Waals surface area contributed by atoms with Gasteiger partial charge in [0.15, 0.2) is 5.69 Å². The van der Waals surface area contributed by atoms with E-state index >= 15 is 0 Å². The fourth-order valence-corrected chi connectivity index (χ4v) is 3.44. The van der Waals surface area contributed by atoms with Crippen LogP contribution >= 0.6 is 0 Å². The van der Waals surface area contributed by atoms with Crippen LogP contribution in [0.25, 0.3) is 22.0 Å². The van der Waals surface area contributed by atoms with Crippen molar-refractivity contribution >= 4 is 34.4 Å². The first-order chi connectivity index (χ1) is 16.3. The van der Waals surface area contributed by atoms with E-state index < -0.39 is 17.0 Å². The largest absolute Gasteiger partial charge is 0.480 e. The predicted molar refractivity (Wildman–Crippen MR) is 132 cm³/mol. The number of H-pyrrole nitrogens is 1. The van der Waals surface area contributed by atoms with Crippen LogP contribution < -0.4 is 15.4 Å². The Hall–Kier alpha value is -3.95. The third-order valence-corrected chi connectivity index (χ3v) is 5.21. The summed E-state index contributed by atoms with van der Waals surface area (Å²) in [6.07, 6.45) is 1.54. The Morgan fingerprint density at radius 1 is 1.06 bits per heavy atom. The number of carbonyl (C=O) groups is 3. The van der Waals surface area contributed by atoms with Crippen LogP contribution in [0.4, 0.5) is 5.69 Å². The van der Waals surface area contributed by atoms with Gasteiger partial charge < -0.3 is 20.1 Å². The van der Waals surface area contributed by atoms with Crippen LogP contribution in [-0.4, -0.2) is 52.7 Å². The Morgan fingerprint density at radius 3 is 2.40 bits per heavy atom. The summed E-state index contributed by atoms with van der Waals surface area (Å²) in [6.45, 7) is 8.67. The fraction of sp³-hybridized carbons (Fsp3) is 0.400. The lowest BCUT2D eigenvalue weighted by molar-refractivity contribution is -0.166. The highest BCUT2D eigenvalue weighted by Gasteiger charge is 2.35. The first-order valence-electron chi connectivity index (χ1n) is 11.1. The lowest BCUT2D eigenvalue weighted by Crippen LogP contribution is -2.36. The summed E-state index contributed by atoms with van der Waals surface area (Å²) in [5.74, 6) is -0.878. The minimum absolute atomic E-state index is 0.0856. The summed E-state index contributed by atoms with van der Waals surface area (Å²) >= 11 is 0. The highest BCUT2D eigenvalue weighted by molar-refractivity contribution is 6.05. The quantitative estimate of drug-likeness (QED) is 0.438. The minimum atomic E-state index is -1.02. The molecule has 2 amide bonds. The van der Waals surface area contributed by atoms with Crippen molar-refractivity contribution < 1.29 is 23.9 Å². The van der Waals surface area contributed by atoms with Gasteiger partial charge in [0.25, 0.3) is 5.91 Å². The Morgan fingerprint density at radius 2 is 1.77 bits per heavy atom. The van der Waals surface area contributed by atoms with E-state index in [9.17, 15) is 14.4 Å². The third-order valence-electron chi connectivity index (χ3n) is 5.21. The van der Waals surface area contributed by atoms with Crippen LogP contribution in [0, 0.1) is 5.41 Å². The molecule has 0 unspecified atom stereocenters. The zero-order valence-corrected chi connectivity index (χ0v) is 21.0. The number of hydrogen-bond acceptors (Lipinski definition) is 7. The Balaban J connectivity index is 1.84. The van der Waals surface area contributed by atoms with Gasteiger partial charge in [-0.05, 0) is 58.4 Å². The van der Waals surface area contributed by atoms with E-state index in [1.54, 1.807) is 60.0 Å². The van der Waals surface area contributed by atoms with Gasteiger partial charge >= 0.3 is 5.97 Å². The van der Waals surface area contributed by atoms with Crippen molar-refractivity contribution in [1.29, 1.82) is 0 Å². The number of methoxy groups -OCH3 is 1. The molecule has 0 aliphatic heterocycles. The molecule has 0 spiro atoms. The maximum atomic E-state index is 12.8. The number of rotatable bonds is 7. The van der Waals surface area contributed by atoms with Crippen molar-refractivity contribution in [2.75, 3.05) is 19.5 Å². The number of ether oxygens (including phenoxy) is 2. The number of benzene rings is 1. The molecule has 0 radical (unpaired) electrons. The first kappa shape index (κ1) is 25.7. The molecule has 3 rings (SSSR count). The van der Waals surface area contributed by atoms with Crippen LogP contribution in [0.15, 0.2) is 30.5 Å². The molecule has 0 aliphatic rings. The van der Waals surface area contributed by atoms with Crippen molar-refractivity contribution in [2.24, 2.45) is 5.41 Å². The monoisotopic (exact) mass is 481 g/mol. The molecule has 186 valence electrons. The van der Waals surface area contributed by atoms with Gasteiger partial charge in [0.05, 0.1) is 18.0 Å². The molecule has 0 atom stereocenters. The summed E-state index contributed by atoms with van der Waals surface area (Å²) in [7, 11) is 3.00. The number of pyridine rings is 1. The van der Waals surface area contributed by atoms with Crippen LogP contribution in [-0.2, 0) is 14.3 Å². The standard InChI is InChI=1S/C25H31N5O5/c1-24(2,3)35-23(33)25(4,5)12-19(31)28-18-11-15(13-27-22(18)34-7)14-8-9-16-17(10-14)29-30-20(16)21(32)26-6/h8-11,13H,12H2,1-7H3,(H,26,32)(H,28,31)(H,29,30). The van der Waals surface area contributed by atoms with E-state index in [4.69, 9.17) is 9.47 Å². The van der Waals surface area contributed by atoms with Gasteiger partial charge in [-0.3, -0.25) is 19.5 Å². The van der Waals surface area contributed by atoms with Crippen LogP contribution in [0.3, 0.4) is 0 Å². The number of amides is 2. The highest BCUT2D eigenvalue weighted by atomic mass is 16.6. The summed E-state index contributed by atoms with van der Waals surface area (Å²) < 4.78 is 10.8. The van der Waals surface area contributed by atoms with Crippen LogP contribution in [0.2, 0.25) is 0 Å². The van der Waals surface area contributed by atoms with E-state index in [1.807, 2.05) is 12.1 Å². The molecule has 3 aromatic rings. The van der Waals surface area contributed by atoms with E-state index in [0.717, 1.165) is 5.56 Å². The first-order valence-corrected chi connectivity index (χ1v) is 11.1. The molecule has 0 saturated carbocycles. The van der Waals surface area contributed by atoms with Crippen molar-refractivity contribution in [3.05, 3.63) is 36.2 Å². The van der Waals surface area contributed by atoms with Crippen molar-refractivity contribution in [3.8, 4) is 17.0 Å². The number of hydrogen-bond donors (Lipinski definition) is 3. The average Bonchev–Trinajstić information content (AvgIpc) is 3.20. The Labute approximate surface area is 203 Å². The Kier molecular flexibility index (Phi) is 7.14. The van der Waals surface area contributed by atoms with E-state index in [1.165, 1.54) is 7.11 Å². The van der Waals surface area contributed by atoms with E-state index in [-0.39, 0.29) is 24.1 Å². The smallest absolute Gasteiger partial charge is 0.312 e. The maximum Gasteiger partial charge on any atom is 0.312 e. The van der Waals surface area contributed by atoms with Crippen molar-refractivity contribution in [1.82, 2.24) is 20.5 Å². The second-order valence-corrected chi connectivity index (χ2v) is 9.80. The lowest BCUT2D eigenvalue weighted by Gasteiger charge is -2.28. The number of esters is 1. The number of anilines is 1. The molecule has 35 heavy (non-hydrogen) atoms. The molecule has 0 aliphatic carbocycles. The molecule has 10 nitrogen and oxygen atoms in total. The number of nitrogens with one attached hydrogen (secondary N) is 3. The predicted octanol–water partition coefficient (Wildman–Crippen LogP) is 3.69. The van der Waals surface area contributed by atoms with Gasteiger partial charge in [0, 0.05) is 30.6 Å². The van der Waals surface area contributed by atoms with E-state index in [0.29, 0.717) is 27.8 Å². The van der Waals surface area contributed by atoms with Crippen LogP contribution in [0.1, 0.15) is 51.5 Å². The average molecular weight is 482 g/mol. The fourth-order valence-electron chi connectivity index (χ4n) is 3.44. The topological polar surface area (TPSA) is 135 Å².